The zero-order chi connectivity index (χ0) is 17.3. The van der Waals surface area contributed by atoms with Gasteiger partial charge in [-0.2, -0.15) is 13.2 Å². The number of carbonyl (C=O) groups is 1. The van der Waals surface area contributed by atoms with Gasteiger partial charge < -0.3 is 10.0 Å². The van der Waals surface area contributed by atoms with Crippen molar-refractivity contribution in [1.29, 1.82) is 0 Å². The van der Waals surface area contributed by atoms with Crippen LogP contribution in [0.3, 0.4) is 0 Å². The summed E-state index contributed by atoms with van der Waals surface area (Å²) >= 11 is 1.19. The van der Waals surface area contributed by atoms with Crippen molar-refractivity contribution in [3.8, 4) is 10.6 Å². The van der Waals surface area contributed by atoms with E-state index in [4.69, 9.17) is 5.11 Å². The Kier molecular flexibility index (Phi) is 4.39. The van der Waals surface area contributed by atoms with E-state index in [0.717, 1.165) is 25.1 Å². The normalized spacial score (nSPS) is 18.6. The highest BCUT2D eigenvalue weighted by Gasteiger charge is 2.33. The lowest BCUT2D eigenvalue weighted by Crippen LogP contribution is -2.38. The molecule has 0 aromatic carbocycles. The van der Waals surface area contributed by atoms with Gasteiger partial charge in [0.25, 0.3) is 0 Å². The van der Waals surface area contributed by atoms with Gasteiger partial charge in [0.05, 0.1) is 0 Å². The SMILES string of the molecule is O=C(O)N1CCCC(c2nnc(-c3ccnc(C(F)(F)F)c3)s2)C1. The minimum atomic E-state index is -4.52. The monoisotopic (exact) mass is 358 g/mol. The summed E-state index contributed by atoms with van der Waals surface area (Å²) in [4.78, 5) is 15.7. The molecule has 2 aromatic heterocycles. The number of amides is 1. The van der Waals surface area contributed by atoms with E-state index in [9.17, 15) is 18.0 Å². The van der Waals surface area contributed by atoms with E-state index >= 15 is 0 Å². The minimum Gasteiger partial charge on any atom is -0.465 e. The fraction of sp³-hybridized carbons (Fsp3) is 0.429. The second-order valence-corrected chi connectivity index (χ2v) is 6.45. The van der Waals surface area contributed by atoms with Crippen LogP contribution in [0.15, 0.2) is 18.3 Å². The molecule has 1 N–H and O–H groups in total. The highest BCUT2D eigenvalue weighted by molar-refractivity contribution is 7.14. The smallest absolute Gasteiger partial charge is 0.433 e. The summed E-state index contributed by atoms with van der Waals surface area (Å²) in [5.41, 5.74) is -0.682. The molecule has 6 nitrogen and oxygen atoms in total. The number of aromatic nitrogens is 3. The lowest BCUT2D eigenvalue weighted by molar-refractivity contribution is -0.141. The molecule has 1 aliphatic rings. The summed E-state index contributed by atoms with van der Waals surface area (Å²) in [7, 11) is 0. The van der Waals surface area contributed by atoms with Crippen molar-refractivity contribution < 1.29 is 23.1 Å². The summed E-state index contributed by atoms with van der Waals surface area (Å²) in [6.45, 7) is 0.810. The van der Waals surface area contributed by atoms with E-state index in [0.29, 0.717) is 28.7 Å². The third-order valence-electron chi connectivity index (χ3n) is 3.78. The lowest BCUT2D eigenvalue weighted by Gasteiger charge is -2.29. The molecule has 1 saturated heterocycles. The predicted octanol–water partition coefficient (Wildman–Crippen LogP) is 3.48. The van der Waals surface area contributed by atoms with Crippen molar-refractivity contribution in [2.75, 3.05) is 13.1 Å². The van der Waals surface area contributed by atoms with Crippen LogP contribution in [0.25, 0.3) is 10.6 Å². The van der Waals surface area contributed by atoms with Gasteiger partial charge in [-0.05, 0) is 25.0 Å². The van der Waals surface area contributed by atoms with Crippen molar-refractivity contribution in [2.45, 2.75) is 24.9 Å². The zero-order valence-electron chi connectivity index (χ0n) is 12.3. The molecular weight excluding hydrogens is 345 g/mol. The first-order chi connectivity index (χ1) is 11.3. The standard InChI is InChI=1S/C14H13F3N4O2S/c15-14(16,17)10-6-8(3-4-18-10)11-19-20-12(24-11)9-2-1-5-21(7-9)13(22)23/h3-4,6,9H,1-2,5,7H2,(H,22,23). The Morgan fingerprint density at radius 1 is 1.38 bits per heavy atom. The Bertz CT molecular complexity index is 750. The Hall–Kier alpha value is -2.23. The molecule has 0 aliphatic carbocycles. The summed E-state index contributed by atoms with van der Waals surface area (Å²) in [6, 6.07) is 2.39. The third kappa shape index (κ3) is 3.48. The van der Waals surface area contributed by atoms with Crippen LogP contribution >= 0.6 is 11.3 Å². The Morgan fingerprint density at radius 2 is 2.17 bits per heavy atom. The van der Waals surface area contributed by atoms with Crippen LogP contribution in [-0.2, 0) is 6.18 Å². The molecular formula is C14H13F3N4O2S. The number of alkyl halides is 3. The number of nitrogens with zero attached hydrogens (tertiary/aromatic N) is 4. The van der Waals surface area contributed by atoms with Gasteiger partial charge in [-0.1, -0.05) is 11.3 Å². The van der Waals surface area contributed by atoms with E-state index in [-0.39, 0.29) is 5.92 Å². The van der Waals surface area contributed by atoms with Gasteiger partial charge in [-0.15, -0.1) is 10.2 Å². The van der Waals surface area contributed by atoms with Gasteiger partial charge in [0.15, 0.2) is 0 Å². The summed E-state index contributed by atoms with van der Waals surface area (Å²) in [6.07, 6.45) is -2.91. The van der Waals surface area contributed by atoms with E-state index in [2.05, 4.69) is 15.2 Å². The molecule has 1 unspecified atom stereocenters. The maximum Gasteiger partial charge on any atom is 0.433 e. The maximum atomic E-state index is 12.7. The van der Waals surface area contributed by atoms with E-state index in [1.165, 1.54) is 22.3 Å². The number of piperidine rings is 1. The second-order valence-electron chi connectivity index (χ2n) is 5.44. The Morgan fingerprint density at radius 3 is 2.88 bits per heavy atom. The molecule has 0 radical (unpaired) electrons. The molecule has 1 aliphatic heterocycles. The first-order valence-electron chi connectivity index (χ1n) is 7.19. The lowest BCUT2D eigenvalue weighted by atomic mass is 9.99. The Labute approximate surface area is 139 Å². The van der Waals surface area contributed by atoms with Crippen LogP contribution in [0.4, 0.5) is 18.0 Å². The van der Waals surface area contributed by atoms with Gasteiger partial charge in [-0.25, -0.2) is 4.79 Å². The Balaban J connectivity index is 1.82. The number of rotatable bonds is 2. The molecule has 1 atom stereocenters. The molecule has 0 spiro atoms. The highest BCUT2D eigenvalue weighted by Crippen LogP contribution is 2.34. The van der Waals surface area contributed by atoms with Crippen molar-refractivity contribution in [3.63, 3.8) is 0 Å². The van der Waals surface area contributed by atoms with Crippen molar-refractivity contribution in [1.82, 2.24) is 20.1 Å². The third-order valence-corrected chi connectivity index (χ3v) is 4.91. The number of halogens is 3. The summed E-state index contributed by atoms with van der Waals surface area (Å²) in [5.74, 6) is -0.0787. The highest BCUT2D eigenvalue weighted by atomic mass is 32.1. The quantitative estimate of drug-likeness (QED) is 0.889. The molecule has 0 bridgehead atoms. The maximum absolute atomic E-state index is 12.7. The topological polar surface area (TPSA) is 79.2 Å². The van der Waals surface area contributed by atoms with Crippen molar-refractivity contribution in [2.24, 2.45) is 0 Å². The van der Waals surface area contributed by atoms with E-state index in [1.807, 2.05) is 0 Å². The van der Waals surface area contributed by atoms with Crippen LogP contribution in [-0.4, -0.2) is 44.4 Å². The van der Waals surface area contributed by atoms with Crippen LogP contribution in [0.2, 0.25) is 0 Å². The van der Waals surface area contributed by atoms with Crippen LogP contribution in [0.5, 0.6) is 0 Å². The van der Waals surface area contributed by atoms with Crippen molar-refractivity contribution >= 4 is 17.4 Å². The van der Waals surface area contributed by atoms with E-state index in [1.54, 1.807) is 0 Å². The van der Waals surface area contributed by atoms with Crippen molar-refractivity contribution in [3.05, 3.63) is 29.0 Å². The first-order valence-corrected chi connectivity index (χ1v) is 8.01. The molecule has 3 rings (SSSR count). The molecule has 128 valence electrons. The molecule has 10 heteroatoms. The van der Waals surface area contributed by atoms with E-state index < -0.39 is 18.0 Å². The summed E-state index contributed by atoms with van der Waals surface area (Å²) < 4.78 is 38.2. The molecule has 0 saturated carbocycles. The number of hydrogen-bond acceptors (Lipinski definition) is 5. The van der Waals surface area contributed by atoms with Crippen LogP contribution in [0, 0.1) is 0 Å². The zero-order valence-corrected chi connectivity index (χ0v) is 13.1. The van der Waals surface area contributed by atoms with Crippen LogP contribution in [0.1, 0.15) is 29.5 Å². The summed E-state index contributed by atoms with van der Waals surface area (Å²) in [5, 5.41) is 18.1. The van der Waals surface area contributed by atoms with Crippen LogP contribution < -0.4 is 0 Å². The fourth-order valence-corrected chi connectivity index (χ4v) is 3.55. The number of pyridine rings is 1. The number of carboxylic acid groups (broad SMARTS) is 1. The largest absolute Gasteiger partial charge is 0.465 e. The minimum absolute atomic E-state index is 0.0787. The molecule has 1 amide bonds. The van der Waals surface area contributed by atoms with Gasteiger partial charge >= 0.3 is 12.3 Å². The number of likely N-dealkylation sites (tertiary alicyclic amines) is 1. The van der Waals surface area contributed by atoms with Gasteiger partial charge in [0.1, 0.15) is 15.7 Å². The fourth-order valence-electron chi connectivity index (χ4n) is 2.59. The molecule has 24 heavy (non-hydrogen) atoms. The average molecular weight is 358 g/mol. The van der Waals surface area contributed by atoms with Gasteiger partial charge in [0, 0.05) is 30.8 Å². The second kappa shape index (κ2) is 6.34. The van der Waals surface area contributed by atoms with Gasteiger partial charge in [0.2, 0.25) is 0 Å². The number of hydrogen-bond donors (Lipinski definition) is 1. The predicted molar refractivity (Wildman–Crippen MR) is 79.7 cm³/mol. The molecule has 3 heterocycles. The average Bonchev–Trinajstić information content (AvgIpc) is 3.04. The van der Waals surface area contributed by atoms with Gasteiger partial charge in [-0.3, -0.25) is 4.98 Å². The molecule has 1 fully saturated rings. The molecule has 2 aromatic rings. The first kappa shape index (κ1) is 16.6.